The van der Waals surface area contributed by atoms with Crippen LogP contribution < -0.4 is 5.32 Å². The van der Waals surface area contributed by atoms with Crippen molar-refractivity contribution in [1.29, 1.82) is 0 Å². The Kier molecular flexibility index (Phi) is 4.72. The smallest absolute Gasteiger partial charge is 0.247 e. The highest BCUT2D eigenvalue weighted by atomic mass is 32.2. The first-order valence-electron chi connectivity index (χ1n) is 7.30. The maximum atomic E-state index is 12.3. The SMILES string of the molecule is CCCS(=O)(=O)C(C)(C)C(=O)Nc1nc2c(s1)CCCC2. The quantitative estimate of drug-likeness (QED) is 0.900. The van der Waals surface area contributed by atoms with Gasteiger partial charge in [-0.3, -0.25) is 4.79 Å². The minimum absolute atomic E-state index is 0.0157. The summed E-state index contributed by atoms with van der Waals surface area (Å²) in [6.07, 6.45) is 4.73. The van der Waals surface area contributed by atoms with E-state index < -0.39 is 20.5 Å². The van der Waals surface area contributed by atoms with Gasteiger partial charge in [0.05, 0.1) is 11.4 Å². The number of fused-ring (bicyclic) bond motifs is 1. The highest BCUT2D eigenvalue weighted by Gasteiger charge is 2.41. The molecule has 0 saturated carbocycles. The summed E-state index contributed by atoms with van der Waals surface area (Å²) in [7, 11) is -3.47. The van der Waals surface area contributed by atoms with Crippen LogP contribution in [0.2, 0.25) is 0 Å². The van der Waals surface area contributed by atoms with Crippen LogP contribution in [0.25, 0.3) is 0 Å². The molecule has 1 N–H and O–H groups in total. The Morgan fingerprint density at radius 3 is 2.62 bits per heavy atom. The summed E-state index contributed by atoms with van der Waals surface area (Å²) in [5.41, 5.74) is 1.05. The molecule has 0 aliphatic heterocycles. The Balaban J connectivity index is 2.15. The van der Waals surface area contributed by atoms with Crippen LogP contribution in [0, 0.1) is 0 Å². The average Bonchev–Trinajstić information content (AvgIpc) is 2.80. The van der Waals surface area contributed by atoms with E-state index in [4.69, 9.17) is 0 Å². The second-order valence-corrected chi connectivity index (χ2v) is 9.62. The van der Waals surface area contributed by atoms with Crippen molar-refractivity contribution in [2.75, 3.05) is 11.1 Å². The van der Waals surface area contributed by atoms with Gasteiger partial charge in [0.2, 0.25) is 5.91 Å². The lowest BCUT2D eigenvalue weighted by Crippen LogP contribution is -2.45. The number of carbonyl (C=O) groups is 1. The van der Waals surface area contributed by atoms with Crippen molar-refractivity contribution in [3.63, 3.8) is 0 Å². The molecule has 1 amide bonds. The van der Waals surface area contributed by atoms with Gasteiger partial charge in [0.15, 0.2) is 15.0 Å². The fourth-order valence-electron chi connectivity index (χ4n) is 2.32. The van der Waals surface area contributed by atoms with E-state index in [2.05, 4.69) is 10.3 Å². The van der Waals surface area contributed by atoms with Crippen molar-refractivity contribution >= 4 is 32.2 Å². The van der Waals surface area contributed by atoms with Crippen molar-refractivity contribution in [2.45, 2.75) is 57.6 Å². The van der Waals surface area contributed by atoms with Gasteiger partial charge in [0.1, 0.15) is 4.75 Å². The van der Waals surface area contributed by atoms with Gasteiger partial charge in [-0.05, 0) is 46.0 Å². The first-order valence-corrected chi connectivity index (χ1v) is 9.77. The number of nitrogens with zero attached hydrogens (tertiary/aromatic N) is 1. The molecule has 0 saturated heterocycles. The molecule has 5 nitrogen and oxygen atoms in total. The minimum atomic E-state index is -3.47. The fraction of sp³-hybridized carbons (Fsp3) is 0.714. The number of sulfone groups is 1. The first kappa shape index (κ1) is 16.4. The molecule has 7 heteroatoms. The minimum Gasteiger partial charge on any atom is -0.301 e. The number of nitrogens with one attached hydrogen (secondary N) is 1. The first-order chi connectivity index (χ1) is 9.78. The normalized spacial score (nSPS) is 15.6. The lowest BCUT2D eigenvalue weighted by atomic mass is 10.0. The molecule has 2 rings (SSSR count). The van der Waals surface area contributed by atoms with Crippen LogP contribution in [0.4, 0.5) is 5.13 Å². The summed E-state index contributed by atoms with van der Waals surface area (Å²) >= 11 is 1.47. The molecule has 118 valence electrons. The second kappa shape index (κ2) is 6.04. The summed E-state index contributed by atoms with van der Waals surface area (Å²) < 4.78 is 23.0. The average molecular weight is 330 g/mol. The maximum Gasteiger partial charge on any atom is 0.247 e. The summed E-state index contributed by atoms with van der Waals surface area (Å²) in [6, 6.07) is 0. The standard InChI is InChI=1S/C14H22N2O3S2/c1-4-9-21(18,19)14(2,3)12(17)16-13-15-10-7-5-6-8-11(10)20-13/h4-9H2,1-3H3,(H,15,16,17). The van der Waals surface area contributed by atoms with Crippen molar-refractivity contribution in [2.24, 2.45) is 0 Å². The summed E-state index contributed by atoms with van der Waals surface area (Å²) in [5, 5.41) is 3.21. The van der Waals surface area contributed by atoms with Gasteiger partial charge in [-0.25, -0.2) is 13.4 Å². The summed E-state index contributed by atoms with van der Waals surface area (Å²) in [4.78, 5) is 18.0. The van der Waals surface area contributed by atoms with Crippen molar-refractivity contribution in [1.82, 2.24) is 4.98 Å². The van der Waals surface area contributed by atoms with E-state index in [9.17, 15) is 13.2 Å². The van der Waals surface area contributed by atoms with Crippen molar-refractivity contribution in [3.05, 3.63) is 10.6 Å². The number of anilines is 1. The van der Waals surface area contributed by atoms with E-state index in [1.165, 1.54) is 30.1 Å². The van der Waals surface area contributed by atoms with Gasteiger partial charge in [0, 0.05) is 4.88 Å². The Hall–Kier alpha value is -0.950. The molecule has 0 radical (unpaired) electrons. The number of aromatic nitrogens is 1. The number of aryl methyl sites for hydroxylation is 2. The number of amides is 1. The second-order valence-electron chi connectivity index (χ2n) is 5.88. The van der Waals surface area contributed by atoms with Gasteiger partial charge in [-0.2, -0.15) is 0 Å². The molecule has 0 fully saturated rings. The topological polar surface area (TPSA) is 76.1 Å². The largest absolute Gasteiger partial charge is 0.301 e. The Labute approximate surface area is 130 Å². The number of rotatable bonds is 5. The van der Waals surface area contributed by atoms with Gasteiger partial charge >= 0.3 is 0 Å². The van der Waals surface area contributed by atoms with Crippen LogP contribution in [0.15, 0.2) is 0 Å². The van der Waals surface area contributed by atoms with Crippen LogP contribution in [-0.2, 0) is 27.5 Å². The summed E-state index contributed by atoms with van der Waals surface area (Å²) in [5.74, 6) is -0.482. The molecular formula is C14H22N2O3S2. The molecule has 1 aromatic heterocycles. The zero-order chi connectivity index (χ0) is 15.7. The van der Waals surface area contributed by atoms with Gasteiger partial charge in [-0.1, -0.05) is 6.92 Å². The van der Waals surface area contributed by atoms with Crippen LogP contribution in [-0.4, -0.2) is 29.8 Å². The predicted octanol–water partition coefficient (Wildman–Crippen LogP) is 2.56. The molecule has 1 aliphatic carbocycles. The Morgan fingerprint density at radius 1 is 1.33 bits per heavy atom. The zero-order valence-electron chi connectivity index (χ0n) is 12.7. The van der Waals surface area contributed by atoms with E-state index in [-0.39, 0.29) is 5.75 Å². The molecular weight excluding hydrogens is 308 g/mol. The van der Waals surface area contributed by atoms with Gasteiger partial charge in [-0.15, -0.1) is 11.3 Å². The molecule has 0 aromatic carbocycles. The third-order valence-corrected chi connectivity index (χ3v) is 7.62. The molecule has 0 bridgehead atoms. The van der Waals surface area contributed by atoms with Crippen LogP contribution in [0.3, 0.4) is 0 Å². The van der Waals surface area contributed by atoms with E-state index >= 15 is 0 Å². The molecule has 1 aromatic rings. The van der Waals surface area contributed by atoms with Crippen LogP contribution >= 0.6 is 11.3 Å². The highest BCUT2D eigenvalue weighted by Crippen LogP contribution is 2.30. The third kappa shape index (κ3) is 3.29. The monoisotopic (exact) mass is 330 g/mol. The number of carbonyl (C=O) groups excluding carboxylic acids is 1. The molecule has 1 heterocycles. The summed E-state index contributed by atoms with van der Waals surface area (Å²) in [6.45, 7) is 4.71. The third-order valence-electron chi connectivity index (χ3n) is 3.86. The molecule has 0 spiro atoms. The van der Waals surface area contributed by atoms with E-state index in [1.807, 2.05) is 0 Å². The molecule has 0 atom stereocenters. The van der Waals surface area contributed by atoms with Gasteiger partial charge in [0.25, 0.3) is 0 Å². The number of hydrogen-bond acceptors (Lipinski definition) is 5. The van der Waals surface area contributed by atoms with E-state index in [1.54, 1.807) is 6.92 Å². The lowest BCUT2D eigenvalue weighted by Gasteiger charge is -2.22. The van der Waals surface area contributed by atoms with E-state index in [0.29, 0.717) is 11.6 Å². The van der Waals surface area contributed by atoms with Crippen LogP contribution in [0.1, 0.15) is 50.6 Å². The number of hydrogen-bond donors (Lipinski definition) is 1. The number of thiazole rings is 1. The Morgan fingerprint density at radius 2 is 2.00 bits per heavy atom. The maximum absolute atomic E-state index is 12.3. The predicted molar refractivity (Wildman–Crippen MR) is 85.5 cm³/mol. The molecule has 21 heavy (non-hydrogen) atoms. The highest BCUT2D eigenvalue weighted by molar-refractivity contribution is 7.93. The van der Waals surface area contributed by atoms with Crippen molar-refractivity contribution < 1.29 is 13.2 Å². The lowest BCUT2D eigenvalue weighted by molar-refractivity contribution is -0.117. The Bertz CT molecular complexity index is 609. The van der Waals surface area contributed by atoms with E-state index in [0.717, 1.165) is 31.4 Å². The molecule has 0 unspecified atom stereocenters. The fourth-order valence-corrected chi connectivity index (χ4v) is 4.74. The van der Waals surface area contributed by atoms with Crippen LogP contribution in [0.5, 0.6) is 0 Å². The van der Waals surface area contributed by atoms with Crippen molar-refractivity contribution in [3.8, 4) is 0 Å². The van der Waals surface area contributed by atoms with Gasteiger partial charge < -0.3 is 5.32 Å². The zero-order valence-corrected chi connectivity index (χ0v) is 14.4. The molecule has 1 aliphatic rings.